The molecule has 3 rings (SSSR count). The molecule has 0 saturated heterocycles. The standard InChI is InChI=1S/C21H20FN3O5/c1-2-24(15-9-7-14(22)8-10-15)18(27)13-30-21(29)19-16-5-3-4-6-17(16)20(28)25(23-19)11-12-26/h3-10,26H,2,11-13H2,1H3. The number of ether oxygens (including phenoxy) is 1. The molecule has 8 nitrogen and oxygen atoms in total. The summed E-state index contributed by atoms with van der Waals surface area (Å²) in [5.41, 5.74) is -0.1000. The Hall–Kier alpha value is -3.59. The molecular weight excluding hydrogens is 393 g/mol. The highest BCUT2D eigenvalue weighted by molar-refractivity contribution is 6.03. The van der Waals surface area contributed by atoms with Crippen molar-refractivity contribution in [2.75, 3.05) is 24.7 Å². The smallest absolute Gasteiger partial charge is 0.359 e. The Morgan fingerprint density at radius 3 is 2.43 bits per heavy atom. The first kappa shape index (κ1) is 21.1. The molecule has 1 N–H and O–H groups in total. The van der Waals surface area contributed by atoms with Crippen LogP contribution in [-0.4, -0.2) is 46.5 Å². The van der Waals surface area contributed by atoms with Crippen molar-refractivity contribution in [2.24, 2.45) is 0 Å². The molecule has 0 bridgehead atoms. The molecule has 0 aliphatic rings. The summed E-state index contributed by atoms with van der Waals surface area (Å²) in [6.07, 6.45) is 0. The molecule has 0 radical (unpaired) electrons. The average molecular weight is 413 g/mol. The second-order valence-electron chi connectivity index (χ2n) is 6.34. The molecule has 0 aliphatic heterocycles. The molecule has 1 heterocycles. The van der Waals surface area contributed by atoms with Gasteiger partial charge in [0.15, 0.2) is 12.3 Å². The highest BCUT2D eigenvalue weighted by atomic mass is 19.1. The fourth-order valence-corrected chi connectivity index (χ4v) is 3.03. The van der Waals surface area contributed by atoms with Gasteiger partial charge in [0.05, 0.1) is 18.5 Å². The third kappa shape index (κ3) is 4.36. The molecule has 0 saturated carbocycles. The van der Waals surface area contributed by atoms with E-state index in [1.807, 2.05) is 0 Å². The number of likely N-dealkylation sites (N-methyl/N-ethyl adjacent to an activating group) is 1. The molecule has 0 fully saturated rings. The van der Waals surface area contributed by atoms with Gasteiger partial charge in [-0.05, 0) is 37.3 Å². The van der Waals surface area contributed by atoms with Crippen molar-refractivity contribution in [3.05, 3.63) is 70.4 Å². The minimum absolute atomic E-state index is 0.0863. The van der Waals surface area contributed by atoms with Crippen LogP contribution in [0.25, 0.3) is 10.8 Å². The van der Waals surface area contributed by atoms with Crippen molar-refractivity contribution in [1.82, 2.24) is 9.78 Å². The molecule has 0 atom stereocenters. The van der Waals surface area contributed by atoms with Gasteiger partial charge in [0.2, 0.25) is 0 Å². The van der Waals surface area contributed by atoms with E-state index in [-0.39, 0.29) is 24.2 Å². The number of aliphatic hydroxyl groups is 1. The first-order valence-corrected chi connectivity index (χ1v) is 9.30. The van der Waals surface area contributed by atoms with Crippen LogP contribution < -0.4 is 10.5 Å². The van der Waals surface area contributed by atoms with Gasteiger partial charge in [-0.3, -0.25) is 9.59 Å². The third-order valence-electron chi connectivity index (χ3n) is 4.46. The molecule has 1 amide bonds. The van der Waals surface area contributed by atoms with Crippen LogP contribution in [0.5, 0.6) is 0 Å². The molecule has 9 heteroatoms. The van der Waals surface area contributed by atoms with Crippen molar-refractivity contribution in [3.63, 3.8) is 0 Å². The molecule has 1 aromatic heterocycles. The van der Waals surface area contributed by atoms with Gasteiger partial charge in [0, 0.05) is 17.6 Å². The quantitative estimate of drug-likeness (QED) is 0.592. The Morgan fingerprint density at radius 1 is 1.13 bits per heavy atom. The van der Waals surface area contributed by atoms with Crippen LogP contribution >= 0.6 is 0 Å². The number of rotatable bonds is 7. The van der Waals surface area contributed by atoms with E-state index in [1.165, 1.54) is 29.2 Å². The predicted octanol–water partition coefficient (Wildman–Crippen LogP) is 1.74. The summed E-state index contributed by atoms with van der Waals surface area (Å²) in [5.74, 6) is -1.79. The molecule has 0 unspecified atom stereocenters. The number of aliphatic hydroxyl groups excluding tert-OH is 1. The van der Waals surface area contributed by atoms with Crippen LogP contribution in [0.2, 0.25) is 0 Å². The number of carbonyl (C=O) groups is 2. The highest BCUT2D eigenvalue weighted by Crippen LogP contribution is 2.16. The monoisotopic (exact) mass is 413 g/mol. The lowest BCUT2D eigenvalue weighted by atomic mass is 10.1. The Kier molecular flexibility index (Phi) is 6.53. The van der Waals surface area contributed by atoms with E-state index in [9.17, 15) is 18.8 Å². The van der Waals surface area contributed by atoms with Crippen molar-refractivity contribution >= 4 is 28.3 Å². The molecule has 156 valence electrons. The summed E-state index contributed by atoms with van der Waals surface area (Å²) in [7, 11) is 0. The third-order valence-corrected chi connectivity index (χ3v) is 4.46. The number of aromatic nitrogens is 2. The summed E-state index contributed by atoms with van der Waals surface area (Å²) in [6.45, 7) is 1.06. The van der Waals surface area contributed by atoms with Crippen molar-refractivity contribution in [2.45, 2.75) is 13.5 Å². The number of nitrogens with zero attached hydrogens (tertiary/aromatic N) is 3. The Labute approximate surface area is 171 Å². The zero-order valence-electron chi connectivity index (χ0n) is 16.2. The van der Waals surface area contributed by atoms with Crippen molar-refractivity contribution in [1.29, 1.82) is 0 Å². The van der Waals surface area contributed by atoms with E-state index in [0.29, 0.717) is 17.6 Å². The number of carbonyl (C=O) groups excluding carboxylic acids is 2. The number of hydrogen-bond acceptors (Lipinski definition) is 6. The highest BCUT2D eigenvalue weighted by Gasteiger charge is 2.21. The van der Waals surface area contributed by atoms with Gasteiger partial charge >= 0.3 is 5.97 Å². The molecule has 0 aliphatic carbocycles. The van der Waals surface area contributed by atoms with Crippen LogP contribution in [0.4, 0.5) is 10.1 Å². The van der Waals surface area contributed by atoms with Crippen LogP contribution in [0.15, 0.2) is 53.3 Å². The van der Waals surface area contributed by atoms with Crippen LogP contribution in [0.3, 0.4) is 0 Å². The molecule has 30 heavy (non-hydrogen) atoms. The molecule has 2 aromatic carbocycles. The molecule has 0 spiro atoms. The van der Waals surface area contributed by atoms with E-state index in [2.05, 4.69) is 5.10 Å². The fourth-order valence-electron chi connectivity index (χ4n) is 3.03. The van der Waals surface area contributed by atoms with Crippen LogP contribution in [-0.2, 0) is 16.1 Å². The van der Waals surface area contributed by atoms with Crippen molar-refractivity contribution < 1.29 is 23.8 Å². The topological polar surface area (TPSA) is 102 Å². The van der Waals surface area contributed by atoms with Crippen LogP contribution in [0.1, 0.15) is 17.4 Å². The average Bonchev–Trinajstić information content (AvgIpc) is 2.76. The fraction of sp³-hybridized carbons (Fsp3) is 0.238. The summed E-state index contributed by atoms with van der Waals surface area (Å²) in [4.78, 5) is 38.9. The first-order valence-electron chi connectivity index (χ1n) is 9.30. The van der Waals surface area contributed by atoms with E-state index in [0.717, 1.165) is 4.68 Å². The van der Waals surface area contributed by atoms with Gasteiger partial charge in [0.25, 0.3) is 11.5 Å². The number of fused-ring (bicyclic) bond motifs is 1. The lowest BCUT2D eigenvalue weighted by molar-refractivity contribution is -0.121. The number of anilines is 1. The lowest BCUT2D eigenvalue weighted by Crippen LogP contribution is -2.35. The maximum atomic E-state index is 13.1. The summed E-state index contributed by atoms with van der Waals surface area (Å²) in [6, 6.07) is 11.8. The minimum Gasteiger partial charge on any atom is -0.451 e. The zero-order chi connectivity index (χ0) is 21.7. The minimum atomic E-state index is -0.874. The second-order valence-corrected chi connectivity index (χ2v) is 6.34. The van der Waals surface area contributed by atoms with Gasteiger partial charge in [-0.1, -0.05) is 18.2 Å². The predicted molar refractivity (Wildman–Crippen MR) is 108 cm³/mol. The number of hydrogen-bond donors (Lipinski definition) is 1. The summed E-state index contributed by atoms with van der Waals surface area (Å²) >= 11 is 0. The molecule has 3 aromatic rings. The van der Waals surface area contributed by atoms with E-state index in [4.69, 9.17) is 9.84 Å². The Morgan fingerprint density at radius 2 is 1.80 bits per heavy atom. The van der Waals surface area contributed by atoms with Crippen LogP contribution in [0, 0.1) is 5.82 Å². The Balaban J connectivity index is 1.83. The van der Waals surface area contributed by atoms with Gasteiger partial charge in [-0.25, -0.2) is 13.9 Å². The SMILES string of the molecule is CCN(C(=O)COC(=O)c1nn(CCO)c(=O)c2ccccc12)c1ccc(F)cc1. The largest absolute Gasteiger partial charge is 0.451 e. The second kappa shape index (κ2) is 9.27. The zero-order valence-corrected chi connectivity index (χ0v) is 16.2. The lowest BCUT2D eigenvalue weighted by Gasteiger charge is -2.21. The van der Waals surface area contributed by atoms with Gasteiger partial charge in [-0.15, -0.1) is 0 Å². The maximum Gasteiger partial charge on any atom is 0.359 e. The number of benzene rings is 2. The normalized spacial score (nSPS) is 10.8. The number of amides is 1. The maximum absolute atomic E-state index is 13.1. The molecular formula is C21H20FN3O5. The van der Waals surface area contributed by atoms with E-state index >= 15 is 0 Å². The first-order chi connectivity index (χ1) is 14.5. The number of halogens is 1. The van der Waals surface area contributed by atoms with Gasteiger partial charge in [0.1, 0.15) is 5.82 Å². The van der Waals surface area contributed by atoms with E-state index in [1.54, 1.807) is 31.2 Å². The Bertz CT molecular complexity index is 1130. The van der Waals surface area contributed by atoms with Crippen molar-refractivity contribution in [3.8, 4) is 0 Å². The summed E-state index contributed by atoms with van der Waals surface area (Å²) < 4.78 is 19.3. The van der Waals surface area contributed by atoms with E-state index < -0.39 is 29.9 Å². The summed E-state index contributed by atoms with van der Waals surface area (Å²) in [5, 5.41) is 13.7. The van der Waals surface area contributed by atoms with Gasteiger partial charge < -0.3 is 14.7 Å². The van der Waals surface area contributed by atoms with Gasteiger partial charge in [-0.2, -0.15) is 5.10 Å². The number of esters is 1.